The summed E-state index contributed by atoms with van der Waals surface area (Å²) < 4.78 is 1.84. The first-order valence-electron chi connectivity index (χ1n) is 9.06. The molecule has 3 N–H and O–H groups in total. The Morgan fingerprint density at radius 2 is 2.00 bits per heavy atom. The molecule has 0 spiro atoms. The van der Waals surface area contributed by atoms with E-state index in [0.29, 0.717) is 12.6 Å². The predicted octanol–water partition coefficient (Wildman–Crippen LogP) is 2.23. The molecule has 25 heavy (non-hydrogen) atoms. The number of hydrogen-bond acceptors (Lipinski definition) is 3. The van der Waals surface area contributed by atoms with Gasteiger partial charge in [-0.1, -0.05) is 12.1 Å². The Morgan fingerprint density at radius 3 is 2.64 bits per heavy atom. The Bertz CT molecular complexity index is 658. The zero-order chi connectivity index (χ0) is 17.5. The van der Waals surface area contributed by atoms with E-state index in [1.54, 1.807) is 6.20 Å². The van der Waals surface area contributed by atoms with Crippen molar-refractivity contribution in [1.29, 1.82) is 0 Å². The number of aliphatic imine (C=N–C) groups is 1. The van der Waals surface area contributed by atoms with E-state index in [-0.39, 0.29) is 6.10 Å². The molecular weight excluding hydrogens is 314 g/mol. The van der Waals surface area contributed by atoms with Crippen molar-refractivity contribution in [2.24, 2.45) is 4.99 Å². The Hall–Kier alpha value is -2.34. The van der Waals surface area contributed by atoms with Crippen molar-refractivity contribution in [1.82, 2.24) is 20.4 Å². The number of aromatic nitrogens is 2. The quantitative estimate of drug-likeness (QED) is 0.576. The van der Waals surface area contributed by atoms with Gasteiger partial charge in [0.05, 0.1) is 18.3 Å². The minimum atomic E-state index is -0.133. The average molecular weight is 341 g/mol. The summed E-state index contributed by atoms with van der Waals surface area (Å²) in [7, 11) is 0. The first kappa shape index (κ1) is 17.5. The molecule has 134 valence electrons. The molecule has 1 aliphatic rings. The van der Waals surface area contributed by atoms with Crippen LogP contribution < -0.4 is 10.6 Å². The smallest absolute Gasteiger partial charge is 0.191 e. The van der Waals surface area contributed by atoms with Crippen LogP contribution in [0.4, 0.5) is 0 Å². The van der Waals surface area contributed by atoms with Crippen LogP contribution in [0.25, 0.3) is 5.69 Å². The van der Waals surface area contributed by atoms with Gasteiger partial charge < -0.3 is 15.7 Å². The number of aliphatic hydroxyl groups is 1. The molecule has 1 heterocycles. The maximum Gasteiger partial charge on any atom is 0.191 e. The normalized spacial score (nSPS) is 21.1. The fraction of sp³-hybridized carbons (Fsp3) is 0.474. The topological polar surface area (TPSA) is 74.5 Å². The lowest BCUT2D eigenvalue weighted by Crippen LogP contribution is -2.45. The molecule has 6 nitrogen and oxygen atoms in total. The molecule has 1 aliphatic carbocycles. The van der Waals surface area contributed by atoms with E-state index in [2.05, 4.69) is 46.9 Å². The molecule has 0 amide bonds. The van der Waals surface area contributed by atoms with Gasteiger partial charge in [-0.05, 0) is 56.4 Å². The van der Waals surface area contributed by atoms with Gasteiger partial charge in [0.25, 0.3) is 0 Å². The average Bonchev–Trinajstić information content (AvgIpc) is 3.17. The van der Waals surface area contributed by atoms with E-state index >= 15 is 0 Å². The van der Waals surface area contributed by atoms with Gasteiger partial charge in [-0.15, -0.1) is 0 Å². The van der Waals surface area contributed by atoms with Crippen molar-refractivity contribution in [3.8, 4) is 5.69 Å². The largest absolute Gasteiger partial charge is 0.393 e. The molecule has 6 heteroatoms. The SMILES string of the molecule is CCNC(=NCc1ccc(-n2cccn2)cc1)NC1CCC(O)CC1. The summed E-state index contributed by atoms with van der Waals surface area (Å²) in [6, 6.07) is 10.6. The number of nitrogens with zero attached hydrogens (tertiary/aromatic N) is 3. The fourth-order valence-corrected chi connectivity index (χ4v) is 3.08. The van der Waals surface area contributed by atoms with Gasteiger partial charge in [-0.3, -0.25) is 0 Å². The van der Waals surface area contributed by atoms with Gasteiger partial charge in [0.1, 0.15) is 0 Å². The lowest BCUT2D eigenvalue weighted by molar-refractivity contribution is 0.120. The highest BCUT2D eigenvalue weighted by Crippen LogP contribution is 2.18. The third-order valence-corrected chi connectivity index (χ3v) is 4.51. The van der Waals surface area contributed by atoms with E-state index < -0.39 is 0 Å². The maximum atomic E-state index is 9.63. The Balaban J connectivity index is 1.59. The van der Waals surface area contributed by atoms with Crippen LogP contribution in [0.1, 0.15) is 38.2 Å². The fourth-order valence-electron chi connectivity index (χ4n) is 3.08. The minimum Gasteiger partial charge on any atom is -0.393 e. The second-order valence-electron chi connectivity index (χ2n) is 6.46. The molecule has 0 saturated heterocycles. The van der Waals surface area contributed by atoms with Crippen LogP contribution in [-0.4, -0.2) is 39.5 Å². The number of aliphatic hydroxyl groups excluding tert-OH is 1. The molecule has 0 bridgehead atoms. The van der Waals surface area contributed by atoms with Crippen LogP contribution in [-0.2, 0) is 6.54 Å². The van der Waals surface area contributed by atoms with E-state index in [1.807, 2.05) is 16.9 Å². The van der Waals surface area contributed by atoms with Crippen molar-refractivity contribution < 1.29 is 5.11 Å². The number of guanidine groups is 1. The second kappa shape index (κ2) is 8.67. The Morgan fingerprint density at radius 1 is 1.24 bits per heavy atom. The number of rotatable bonds is 5. The van der Waals surface area contributed by atoms with E-state index in [0.717, 1.165) is 49.4 Å². The van der Waals surface area contributed by atoms with Crippen LogP contribution >= 0.6 is 0 Å². The lowest BCUT2D eigenvalue weighted by Gasteiger charge is -2.27. The molecule has 1 aromatic heterocycles. The molecule has 1 fully saturated rings. The van der Waals surface area contributed by atoms with Gasteiger partial charge in [0.2, 0.25) is 0 Å². The number of hydrogen-bond donors (Lipinski definition) is 3. The van der Waals surface area contributed by atoms with Crippen LogP contribution in [0.2, 0.25) is 0 Å². The van der Waals surface area contributed by atoms with Crippen LogP contribution in [0, 0.1) is 0 Å². The monoisotopic (exact) mass is 341 g/mol. The van der Waals surface area contributed by atoms with E-state index in [4.69, 9.17) is 4.99 Å². The lowest BCUT2D eigenvalue weighted by atomic mass is 9.93. The molecule has 0 aliphatic heterocycles. The molecular formula is C19H27N5O. The van der Waals surface area contributed by atoms with E-state index in [1.165, 1.54) is 0 Å². The maximum absolute atomic E-state index is 9.63. The third kappa shape index (κ3) is 5.06. The molecule has 1 aromatic carbocycles. The van der Waals surface area contributed by atoms with Gasteiger partial charge in [-0.2, -0.15) is 5.10 Å². The Labute approximate surface area is 149 Å². The van der Waals surface area contributed by atoms with Gasteiger partial charge >= 0.3 is 0 Å². The van der Waals surface area contributed by atoms with Gasteiger partial charge in [-0.25, -0.2) is 9.67 Å². The summed E-state index contributed by atoms with van der Waals surface area (Å²) in [5, 5.41) is 20.7. The van der Waals surface area contributed by atoms with Crippen molar-refractivity contribution >= 4 is 5.96 Å². The summed E-state index contributed by atoms with van der Waals surface area (Å²) in [6.07, 6.45) is 7.29. The summed E-state index contributed by atoms with van der Waals surface area (Å²) in [4.78, 5) is 4.70. The number of benzene rings is 1. The third-order valence-electron chi connectivity index (χ3n) is 4.51. The molecule has 1 saturated carbocycles. The molecule has 0 unspecified atom stereocenters. The predicted molar refractivity (Wildman–Crippen MR) is 99.8 cm³/mol. The summed E-state index contributed by atoms with van der Waals surface area (Å²) in [5.41, 5.74) is 2.20. The first-order valence-corrected chi connectivity index (χ1v) is 9.06. The molecule has 0 atom stereocenters. The van der Waals surface area contributed by atoms with Gasteiger partial charge in [0, 0.05) is 25.0 Å². The highest BCUT2D eigenvalue weighted by atomic mass is 16.3. The summed E-state index contributed by atoms with van der Waals surface area (Å²) in [6.45, 7) is 3.53. The second-order valence-corrected chi connectivity index (χ2v) is 6.46. The highest BCUT2D eigenvalue weighted by Gasteiger charge is 2.19. The molecule has 0 radical (unpaired) electrons. The minimum absolute atomic E-state index is 0.133. The summed E-state index contributed by atoms with van der Waals surface area (Å²) in [5.74, 6) is 0.847. The van der Waals surface area contributed by atoms with Crippen molar-refractivity contribution in [2.45, 2.75) is 51.3 Å². The number of nitrogens with one attached hydrogen (secondary N) is 2. The first-order chi connectivity index (χ1) is 12.2. The molecule has 3 rings (SSSR count). The van der Waals surface area contributed by atoms with Crippen molar-refractivity contribution in [3.05, 3.63) is 48.3 Å². The Kier molecular flexibility index (Phi) is 6.06. The zero-order valence-corrected chi connectivity index (χ0v) is 14.7. The summed E-state index contributed by atoms with van der Waals surface area (Å²) >= 11 is 0. The standard InChI is InChI=1S/C19H27N5O/c1-2-20-19(23-16-6-10-18(25)11-7-16)21-14-15-4-8-17(9-5-15)24-13-3-12-22-24/h3-5,8-9,12-13,16,18,25H,2,6-7,10-11,14H2,1H3,(H2,20,21,23). The van der Waals surface area contributed by atoms with Crippen LogP contribution in [0.15, 0.2) is 47.7 Å². The molecule has 2 aromatic rings. The van der Waals surface area contributed by atoms with Crippen molar-refractivity contribution in [3.63, 3.8) is 0 Å². The van der Waals surface area contributed by atoms with Crippen LogP contribution in [0.3, 0.4) is 0 Å². The van der Waals surface area contributed by atoms with Gasteiger partial charge in [0.15, 0.2) is 5.96 Å². The van der Waals surface area contributed by atoms with E-state index in [9.17, 15) is 5.11 Å². The highest BCUT2D eigenvalue weighted by molar-refractivity contribution is 5.80. The zero-order valence-electron chi connectivity index (χ0n) is 14.7. The van der Waals surface area contributed by atoms with Crippen LogP contribution in [0.5, 0.6) is 0 Å². The van der Waals surface area contributed by atoms with Crippen molar-refractivity contribution in [2.75, 3.05) is 6.54 Å².